The summed E-state index contributed by atoms with van der Waals surface area (Å²) < 4.78 is 28.5. The van der Waals surface area contributed by atoms with Gasteiger partial charge in [-0.15, -0.1) is 22.7 Å². The first-order chi connectivity index (χ1) is 14.4. The van der Waals surface area contributed by atoms with Gasteiger partial charge >= 0.3 is 0 Å². The summed E-state index contributed by atoms with van der Waals surface area (Å²) in [6.45, 7) is 0.795. The van der Waals surface area contributed by atoms with Crippen LogP contribution in [0.15, 0.2) is 46.7 Å². The average molecular weight is 461 g/mol. The van der Waals surface area contributed by atoms with Crippen molar-refractivity contribution < 1.29 is 18.3 Å². The molecule has 1 amide bonds. The highest BCUT2D eigenvalue weighted by Gasteiger charge is 2.32. The van der Waals surface area contributed by atoms with E-state index >= 15 is 0 Å². The van der Waals surface area contributed by atoms with Gasteiger partial charge in [-0.25, -0.2) is 13.1 Å². The van der Waals surface area contributed by atoms with Gasteiger partial charge in [0.1, 0.15) is 6.10 Å². The summed E-state index contributed by atoms with van der Waals surface area (Å²) in [4.78, 5) is 16.6. The second-order valence-corrected chi connectivity index (χ2v) is 11.4. The van der Waals surface area contributed by atoms with Gasteiger partial charge in [0, 0.05) is 34.1 Å². The van der Waals surface area contributed by atoms with Crippen LogP contribution < -0.4 is 9.62 Å². The summed E-state index contributed by atoms with van der Waals surface area (Å²) in [6, 6.07) is 10.9. The van der Waals surface area contributed by atoms with E-state index in [9.17, 15) is 18.3 Å². The molecule has 1 unspecified atom stereocenters. The normalized spacial score (nSPS) is 16.7. The molecule has 0 saturated heterocycles. The van der Waals surface area contributed by atoms with Crippen molar-refractivity contribution in [3.63, 3.8) is 0 Å². The van der Waals surface area contributed by atoms with Gasteiger partial charge in [-0.3, -0.25) is 4.79 Å². The Morgan fingerprint density at radius 2 is 1.90 bits per heavy atom. The zero-order valence-corrected chi connectivity index (χ0v) is 18.4. The molecule has 2 aliphatic rings. The standard InChI is InChI=1S/C21H20N2O4S3/c24-19-6-3-13-10-16(11-14-7-8-23(19)20(13)14)30(26,27)22-12-15-4-5-18(29-15)21(25)17-2-1-9-28-17/h1-2,4-5,9-11,21-22,25H,3,6-8,12H2. The van der Waals surface area contributed by atoms with E-state index in [2.05, 4.69) is 4.72 Å². The fourth-order valence-corrected chi connectivity index (χ4v) is 7.01. The van der Waals surface area contributed by atoms with Gasteiger partial charge in [0.2, 0.25) is 15.9 Å². The summed E-state index contributed by atoms with van der Waals surface area (Å²) in [6.07, 6.45) is 1.01. The number of nitrogens with zero attached hydrogens (tertiary/aromatic N) is 1. The van der Waals surface area contributed by atoms with Crippen molar-refractivity contribution in [2.75, 3.05) is 11.4 Å². The topological polar surface area (TPSA) is 86.7 Å². The number of rotatable bonds is 6. The third-order valence-corrected chi connectivity index (χ3v) is 8.98. The lowest BCUT2D eigenvalue weighted by Crippen LogP contribution is -2.33. The maximum atomic E-state index is 12.9. The summed E-state index contributed by atoms with van der Waals surface area (Å²) in [7, 11) is -3.68. The molecule has 3 aromatic rings. The van der Waals surface area contributed by atoms with E-state index in [-0.39, 0.29) is 17.3 Å². The summed E-state index contributed by atoms with van der Waals surface area (Å²) in [5, 5.41) is 12.4. The lowest BCUT2D eigenvalue weighted by molar-refractivity contribution is -0.118. The molecule has 1 aromatic carbocycles. The Kier molecular flexibility index (Phi) is 5.03. The lowest BCUT2D eigenvalue weighted by Gasteiger charge is -2.25. The summed E-state index contributed by atoms with van der Waals surface area (Å²) >= 11 is 2.89. The number of hydrogen-bond donors (Lipinski definition) is 2. The predicted octanol–water partition coefficient (Wildman–Crippen LogP) is 3.21. The van der Waals surface area contributed by atoms with E-state index < -0.39 is 16.1 Å². The number of nitrogens with one attached hydrogen (secondary N) is 1. The minimum Gasteiger partial charge on any atom is -0.382 e. The first-order valence-electron chi connectivity index (χ1n) is 9.68. The van der Waals surface area contributed by atoms with Gasteiger partial charge in [-0.2, -0.15) is 0 Å². The quantitative estimate of drug-likeness (QED) is 0.591. The van der Waals surface area contributed by atoms with Crippen molar-refractivity contribution in [3.05, 3.63) is 67.5 Å². The number of benzene rings is 1. The summed E-state index contributed by atoms with van der Waals surface area (Å²) in [5.41, 5.74) is 2.77. The van der Waals surface area contributed by atoms with E-state index in [1.54, 1.807) is 17.0 Å². The Balaban J connectivity index is 1.33. The zero-order valence-electron chi connectivity index (χ0n) is 16.0. The highest BCUT2D eigenvalue weighted by atomic mass is 32.2. The van der Waals surface area contributed by atoms with E-state index in [1.807, 2.05) is 29.6 Å². The third kappa shape index (κ3) is 3.50. The molecule has 9 heteroatoms. The zero-order chi connectivity index (χ0) is 20.9. The fourth-order valence-electron chi connectivity index (χ4n) is 4.05. The van der Waals surface area contributed by atoms with Crippen LogP contribution in [0.25, 0.3) is 0 Å². The van der Waals surface area contributed by atoms with Gasteiger partial charge in [-0.1, -0.05) is 6.07 Å². The lowest BCUT2D eigenvalue weighted by atomic mass is 10.00. The molecule has 5 rings (SSSR count). The van der Waals surface area contributed by atoms with Crippen molar-refractivity contribution in [3.8, 4) is 0 Å². The Morgan fingerprint density at radius 3 is 2.67 bits per heavy atom. The number of amides is 1. The maximum Gasteiger partial charge on any atom is 0.240 e. The molecule has 0 saturated carbocycles. The number of sulfonamides is 1. The molecule has 0 aliphatic carbocycles. The SMILES string of the molecule is O=C1CCc2cc(S(=O)(=O)NCc3ccc(C(O)c4cccs4)s3)cc3c2N1CC3. The van der Waals surface area contributed by atoms with Crippen molar-refractivity contribution in [1.82, 2.24) is 4.72 Å². The Hall–Kier alpha value is -2.04. The third-order valence-electron chi connectivity index (χ3n) is 5.54. The number of carbonyl (C=O) groups excluding carboxylic acids is 1. The van der Waals surface area contributed by atoms with Gasteiger partial charge in [0.05, 0.1) is 10.6 Å². The van der Waals surface area contributed by atoms with E-state index in [0.29, 0.717) is 25.8 Å². The number of anilines is 1. The van der Waals surface area contributed by atoms with Crippen LogP contribution in [0.4, 0.5) is 5.69 Å². The molecule has 2 aliphatic heterocycles. The molecule has 0 radical (unpaired) electrons. The second-order valence-electron chi connectivity index (χ2n) is 7.43. The molecule has 0 spiro atoms. The number of aliphatic hydroxyl groups excluding tert-OH is 1. The van der Waals surface area contributed by atoms with Crippen LogP contribution >= 0.6 is 22.7 Å². The Bertz CT molecular complexity index is 1220. The Labute approximate surface area is 182 Å². The smallest absolute Gasteiger partial charge is 0.240 e. The average Bonchev–Trinajstić information content (AvgIpc) is 3.50. The highest BCUT2D eigenvalue weighted by molar-refractivity contribution is 7.89. The van der Waals surface area contributed by atoms with E-state index in [4.69, 9.17) is 0 Å². The van der Waals surface area contributed by atoms with Gasteiger partial charge in [0.15, 0.2) is 0 Å². The van der Waals surface area contributed by atoms with E-state index in [1.165, 1.54) is 22.7 Å². The van der Waals surface area contributed by atoms with E-state index in [0.717, 1.165) is 31.4 Å². The second kappa shape index (κ2) is 7.58. The monoisotopic (exact) mass is 460 g/mol. The first-order valence-corrected chi connectivity index (χ1v) is 12.9. The predicted molar refractivity (Wildman–Crippen MR) is 118 cm³/mol. The first kappa shape index (κ1) is 19.9. The molecule has 6 nitrogen and oxygen atoms in total. The van der Waals surface area contributed by atoms with Gasteiger partial charge in [0.25, 0.3) is 0 Å². The van der Waals surface area contributed by atoms with Crippen LogP contribution in [0.1, 0.15) is 38.3 Å². The van der Waals surface area contributed by atoms with Crippen molar-refractivity contribution in [1.29, 1.82) is 0 Å². The highest BCUT2D eigenvalue weighted by Crippen LogP contribution is 2.38. The molecular weight excluding hydrogens is 440 g/mol. The molecule has 0 fully saturated rings. The molecule has 2 N–H and O–H groups in total. The van der Waals surface area contributed by atoms with Gasteiger partial charge < -0.3 is 10.0 Å². The maximum absolute atomic E-state index is 12.9. The van der Waals surface area contributed by atoms with Crippen LogP contribution in [-0.2, 0) is 34.2 Å². The van der Waals surface area contributed by atoms with Crippen LogP contribution in [0.3, 0.4) is 0 Å². The van der Waals surface area contributed by atoms with Gasteiger partial charge in [-0.05, 0) is 59.7 Å². The largest absolute Gasteiger partial charge is 0.382 e. The fraction of sp³-hybridized carbons (Fsp3) is 0.286. The number of hydrogen-bond acceptors (Lipinski definition) is 6. The molecular formula is C21H20N2O4S3. The summed E-state index contributed by atoms with van der Waals surface area (Å²) in [5.74, 6) is 0.119. The molecule has 1 atom stereocenters. The number of aliphatic hydroxyl groups is 1. The van der Waals surface area contributed by atoms with Crippen molar-refractivity contribution in [2.45, 2.75) is 36.8 Å². The molecule has 30 heavy (non-hydrogen) atoms. The Morgan fingerprint density at radius 1 is 1.10 bits per heavy atom. The molecule has 0 bridgehead atoms. The van der Waals surface area contributed by atoms with Crippen LogP contribution in [-0.4, -0.2) is 26.0 Å². The minimum absolute atomic E-state index is 0.119. The number of carbonyl (C=O) groups is 1. The van der Waals surface area contributed by atoms with Crippen molar-refractivity contribution in [2.24, 2.45) is 0 Å². The van der Waals surface area contributed by atoms with Crippen LogP contribution in [0.5, 0.6) is 0 Å². The molecule has 2 aromatic heterocycles. The number of thiophene rings is 2. The molecule has 156 valence electrons. The number of aryl methyl sites for hydroxylation is 1. The van der Waals surface area contributed by atoms with Crippen LogP contribution in [0.2, 0.25) is 0 Å². The van der Waals surface area contributed by atoms with Crippen LogP contribution in [0, 0.1) is 0 Å². The minimum atomic E-state index is -3.68. The van der Waals surface area contributed by atoms with Crippen molar-refractivity contribution >= 4 is 44.3 Å². The molecule has 4 heterocycles.